The second kappa shape index (κ2) is 11.7. The van der Waals surface area contributed by atoms with Gasteiger partial charge < -0.3 is 20.6 Å². The maximum Gasteiger partial charge on any atom is 0.321 e. The van der Waals surface area contributed by atoms with Gasteiger partial charge in [-0.25, -0.2) is 4.79 Å². The number of rotatable bonds is 8. The third-order valence-electron chi connectivity index (χ3n) is 4.93. The zero-order valence-corrected chi connectivity index (χ0v) is 21.3. The molecule has 3 N–H and O–H groups in total. The van der Waals surface area contributed by atoms with Gasteiger partial charge in [0.2, 0.25) is 5.91 Å². The van der Waals surface area contributed by atoms with Crippen LogP contribution in [0.4, 0.5) is 10.5 Å². The first-order valence-electron chi connectivity index (χ1n) is 10.9. The minimum Gasteiger partial charge on any atom is -0.387 e. The van der Waals surface area contributed by atoms with Gasteiger partial charge in [-0.1, -0.05) is 76.0 Å². The molecule has 0 fully saturated rings. The molecule has 0 saturated heterocycles. The number of urea groups is 1. The monoisotopic (exact) mass is 493 g/mol. The first-order chi connectivity index (χ1) is 15.4. The number of aliphatic hydroxyl groups excluding tert-OH is 1. The predicted molar refractivity (Wildman–Crippen MR) is 135 cm³/mol. The largest absolute Gasteiger partial charge is 0.387 e. The summed E-state index contributed by atoms with van der Waals surface area (Å²) in [4.78, 5) is 26.6. The number of amides is 3. The topological polar surface area (TPSA) is 81.7 Å². The molecule has 0 unspecified atom stereocenters. The van der Waals surface area contributed by atoms with Crippen molar-refractivity contribution in [3.63, 3.8) is 0 Å². The Balaban J connectivity index is 2.02. The molecule has 2 aromatic carbocycles. The molecule has 0 heterocycles. The lowest BCUT2D eigenvalue weighted by molar-refractivity contribution is -0.128. The van der Waals surface area contributed by atoms with Crippen molar-refractivity contribution in [3.8, 4) is 0 Å². The highest BCUT2D eigenvalue weighted by Crippen LogP contribution is 2.26. The molecule has 0 saturated carbocycles. The minimum atomic E-state index is -0.905. The van der Waals surface area contributed by atoms with Crippen molar-refractivity contribution in [2.24, 2.45) is 11.3 Å². The molecule has 0 radical (unpaired) electrons. The van der Waals surface area contributed by atoms with Crippen molar-refractivity contribution in [1.82, 2.24) is 10.2 Å². The molecule has 8 heteroatoms. The van der Waals surface area contributed by atoms with Crippen LogP contribution in [0.15, 0.2) is 42.5 Å². The Bertz CT molecular complexity index is 956. The van der Waals surface area contributed by atoms with Crippen molar-refractivity contribution in [2.45, 2.75) is 47.3 Å². The fourth-order valence-electron chi connectivity index (χ4n) is 3.07. The summed E-state index contributed by atoms with van der Waals surface area (Å²) in [6, 6.07) is 11.9. The van der Waals surface area contributed by atoms with Crippen LogP contribution in [0.2, 0.25) is 10.0 Å². The van der Waals surface area contributed by atoms with E-state index in [4.69, 9.17) is 23.2 Å². The molecule has 0 aliphatic rings. The van der Waals surface area contributed by atoms with Gasteiger partial charge in [0.05, 0.1) is 22.7 Å². The van der Waals surface area contributed by atoms with E-state index in [0.29, 0.717) is 34.4 Å². The Morgan fingerprint density at radius 1 is 1.00 bits per heavy atom. The fourth-order valence-corrected chi connectivity index (χ4v) is 3.38. The number of carbonyl (C=O) groups is 2. The lowest BCUT2D eigenvalue weighted by Crippen LogP contribution is -2.40. The lowest BCUT2D eigenvalue weighted by atomic mass is 9.95. The van der Waals surface area contributed by atoms with Crippen molar-refractivity contribution >= 4 is 40.8 Å². The Labute approximate surface area is 206 Å². The molecule has 0 aromatic heterocycles. The van der Waals surface area contributed by atoms with Gasteiger partial charge in [-0.05, 0) is 41.3 Å². The first kappa shape index (κ1) is 27.0. The van der Waals surface area contributed by atoms with Crippen LogP contribution in [0.1, 0.15) is 51.8 Å². The highest BCUT2D eigenvalue weighted by atomic mass is 35.5. The van der Waals surface area contributed by atoms with Crippen LogP contribution in [-0.4, -0.2) is 35.0 Å². The van der Waals surface area contributed by atoms with Gasteiger partial charge in [0.1, 0.15) is 0 Å². The molecule has 1 atom stereocenters. The van der Waals surface area contributed by atoms with Gasteiger partial charge in [-0.2, -0.15) is 0 Å². The Hall–Kier alpha value is -2.28. The van der Waals surface area contributed by atoms with E-state index in [2.05, 4.69) is 10.6 Å². The van der Waals surface area contributed by atoms with Crippen LogP contribution < -0.4 is 10.6 Å². The van der Waals surface area contributed by atoms with E-state index < -0.39 is 11.5 Å². The molecule has 180 valence electrons. The van der Waals surface area contributed by atoms with E-state index in [9.17, 15) is 14.7 Å². The molecule has 2 rings (SSSR count). The zero-order chi connectivity index (χ0) is 24.8. The van der Waals surface area contributed by atoms with Gasteiger partial charge in [-0.15, -0.1) is 0 Å². The standard InChI is InChI=1S/C25H33Cl2N3O3/c1-16(2)14-30(15-22(31)18-8-11-20(26)21(27)12-18)24(33)29-19-9-6-17(7-10-19)13-28-23(32)25(3,4)5/h6-12,16,22,31H,13-15H2,1-5H3,(H,28,32)(H,29,33)/t22-/m1/s1. The molecule has 0 aliphatic heterocycles. The van der Waals surface area contributed by atoms with E-state index in [1.807, 2.05) is 46.8 Å². The van der Waals surface area contributed by atoms with Crippen molar-refractivity contribution < 1.29 is 14.7 Å². The number of hydrogen-bond donors (Lipinski definition) is 3. The van der Waals surface area contributed by atoms with Crippen molar-refractivity contribution in [2.75, 3.05) is 18.4 Å². The SMILES string of the molecule is CC(C)CN(C[C@@H](O)c1ccc(Cl)c(Cl)c1)C(=O)Nc1ccc(CNC(=O)C(C)(C)C)cc1. The molecule has 0 aliphatic carbocycles. The number of nitrogens with one attached hydrogen (secondary N) is 2. The van der Waals surface area contributed by atoms with Crippen molar-refractivity contribution in [1.29, 1.82) is 0 Å². The van der Waals surface area contributed by atoms with E-state index in [0.717, 1.165) is 5.56 Å². The lowest BCUT2D eigenvalue weighted by Gasteiger charge is -2.27. The first-order valence-corrected chi connectivity index (χ1v) is 11.7. The predicted octanol–water partition coefficient (Wildman–Crippen LogP) is 5.88. The third kappa shape index (κ3) is 8.54. The zero-order valence-electron chi connectivity index (χ0n) is 19.8. The summed E-state index contributed by atoms with van der Waals surface area (Å²) in [5.41, 5.74) is 1.70. The molecule has 2 aromatic rings. The van der Waals surface area contributed by atoms with Crippen LogP contribution in [0.3, 0.4) is 0 Å². The number of anilines is 1. The maximum absolute atomic E-state index is 12.9. The molecule has 3 amide bonds. The number of aliphatic hydroxyl groups is 1. The fraction of sp³-hybridized carbons (Fsp3) is 0.440. The number of nitrogens with zero attached hydrogens (tertiary/aromatic N) is 1. The number of carbonyl (C=O) groups excluding carboxylic acids is 2. The van der Waals surface area contributed by atoms with Crippen LogP contribution in [-0.2, 0) is 11.3 Å². The summed E-state index contributed by atoms with van der Waals surface area (Å²) in [5.74, 6) is 0.190. The van der Waals surface area contributed by atoms with Gasteiger partial charge in [0.15, 0.2) is 0 Å². The second-order valence-electron chi connectivity index (χ2n) is 9.55. The van der Waals surface area contributed by atoms with E-state index in [1.165, 1.54) is 0 Å². The van der Waals surface area contributed by atoms with Crippen LogP contribution in [0, 0.1) is 11.3 Å². The summed E-state index contributed by atoms with van der Waals surface area (Å²) >= 11 is 12.0. The second-order valence-corrected chi connectivity index (χ2v) is 10.4. The minimum absolute atomic E-state index is 0.0234. The normalized spacial score (nSPS) is 12.4. The van der Waals surface area contributed by atoms with Crippen LogP contribution in [0.25, 0.3) is 0 Å². The molecular formula is C25H33Cl2N3O3. The summed E-state index contributed by atoms with van der Waals surface area (Å²) in [6.45, 7) is 10.6. The van der Waals surface area contributed by atoms with Gasteiger partial charge in [-0.3, -0.25) is 4.79 Å². The summed E-state index contributed by atoms with van der Waals surface area (Å²) in [5, 5.41) is 17.2. The molecule has 33 heavy (non-hydrogen) atoms. The highest BCUT2D eigenvalue weighted by molar-refractivity contribution is 6.42. The average Bonchev–Trinajstić information content (AvgIpc) is 2.73. The molecular weight excluding hydrogens is 461 g/mol. The number of benzene rings is 2. The Morgan fingerprint density at radius 2 is 1.64 bits per heavy atom. The maximum atomic E-state index is 12.9. The van der Waals surface area contributed by atoms with E-state index in [-0.39, 0.29) is 24.4 Å². The van der Waals surface area contributed by atoms with Crippen molar-refractivity contribution in [3.05, 3.63) is 63.6 Å². The summed E-state index contributed by atoms with van der Waals surface area (Å²) in [7, 11) is 0. The molecule has 0 bridgehead atoms. The third-order valence-corrected chi connectivity index (χ3v) is 5.67. The number of hydrogen-bond acceptors (Lipinski definition) is 3. The van der Waals surface area contributed by atoms with E-state index >= 15 is 0 Å². The van der Waals surface area contributed by atoms with Gasteiger partial charge in [0, 0.05) is 24.2 Å². The van der Waals surface area contributed by atoms with E-state index in [1.54, 1.807) is 35.2 Å². The Morgan fingerprint density at radius 3 is 2.18 bits per heavy atom. The smallest absolute Gasteiger partial charge is 0.321 e. The van der Waals surface area contributed by atoms with Gasteiger partial charge in [0.25, 0.3) is 0 Å². The van der Waals surface area contributed by atoms with Crippen LogP contribution >= 0.6 is 23.2 Å². The molecule has 0 spiro atoms. The molecule has 6 nitrogen and oxygen atoms in total. The number of halogens is 2. The highest BCUT2D eigenvalue weighted by Gasteiger charge is 2.22. The average molecular weight is 494 g/mol. The van der Waals surface area contributed by atoms with Gasteiger partial charge >= 0.3 is 6.03 Å². The Kier molecular flexibility index (Phi) is 9.58. The summed E-state index contributed by atoms with van der Waals surface area (Å²) in [6.07, 6.45) is -0.905. The summed E-state index contributed by atoms with van der Waals surface area (Å²) < 4.78 is 0. The van der Waals surface area contributed by atoms with Crippen LogP contribution in [0.5, 0.6) is 0 Å². The quantitative estimate of drug-likeness (QED) is 0.429.